The molecule has 0 aliphatic rings. The lowest BCUT2D eigenvalue weighted by atomic mass is 10.0. The van der Waals surface area contributed by atoms with E-state index in [0.29, 0.717) is 25.9 Å². The Balaban J connectivity index is 3.31. The molecule has 0 bridgehead atoms. The molecule has 0 aromatic rings. The monoisotopic (exact) mass is 974 g/mol. The number of allylic oxidation sites excluding steroid dienone is 2. The van der Waals surface area contributed by atoms with Crippen LogP contribution in [0.25, 0.3) is 0 Å². The number of unbranched alkanes of at least 4 members (excludes halogenated alkanes) is 46. The summed E-state index contributed by atoms with van der Waals surface area (Å²) in [5, 5.41) is 23.2. The van der Waals surface area contributed by atoms with Crippen molar-refractivity contribution in [3.8, 4) is 0 Å². The van der Waals surface area contributed by atoms with Crippen molar-refractivity contribution in [2.45, 2.75) is 366 Å². The third kappa shape index (κ3) is 55.8. The molecular formula is C63H123NO5. The van der Waals surface area contributed by atoms with Gasteiger partial charge in [-0.05, 0) is 51.4 Å². The fraction of sp³-hybridized carbons (Fsp3) is 0.937. The lowest BCUT2D eigenvalue weighted by Crippen LogP contribution is -2.45. The largest absolute Gasteiger partial charge is 0.466 e. The lowest BCUT2D eigenvalue weighted by Gasteiger charge is -2.22. The Bertz CT molecular complexity index is 1030. The van der Waals surface area contributed by atoms with Crippen molar-refractivity contribution in [1.29, 1.82) is 0 Å². The molecule has 3 N–H and O–H groups in total. The molecule has 0 aliphatic carbocycles. The first-order valence-corrected chi connectivity index (χ1v) is 31.4. The van der Waals surface area contributed by atoms with Crippen LogP contribution in [0.15, 0.2) is 12.2 Å². The lowest BCUT2D eigenvalue weighted by molar-refractivity contribution is -0.143. The first kappa shape index (κ1) is 67.6. The van der Waals surface area contributed by atoms with Gasteiger partial charge in [0.15, 0.2) is 0 Å². The standard InChI is InChI=1S/C63H123NO5/c1-3-5-7-9-11-13-15-32-37-41-45-49-53-57-63(68)69-58-54-50-46-42-38-34-31-29-27-25-23-21-19-17-16-18-20-22-24-26-28-30-33-36-40-44-48-52-56-62(67)64-60(59-65)61(66)55-51-47-43-39-35-14-12-10-8-6-4-2/h13,15,60-61,65-66H,3-12,14,16-59H2,1-2H3,(H,64,67)/b15-13-. The summed E-state index contributed by atoms with van der Waals surface area (Å²) in [6.45, 7) is 4.95. The summed E-state index contributed by atoms with van der Waals surface area (Å²) in [5.41, 5.74) is 0. The highest BCUT2D eigenvalue weighted by Gasteiger charge is 2.20. The topological polar surface area (TPSA) is 95.9 Å². The van der Waals surface area contributed by atoms with Gasteiger partial charge in [0.05, 0.1) is 25.4 Å². The first-order valence-electron chi connectivity index (χ1n) is 31.4. The van der Waals surface area contributed by atoms with Crippen molar-refractivity contribution in [2.75, 3.05) is 13.2 Å². The van der Waals surface area contributed by atoms with E-state index in [1.807, 2.05) is 0 Å². The predicted molar refractivity (Wildman–Crippen MR) is 301 cm³/mol. The van der Waals surface area contributed by atoms with Gasteiger partial charge in [-0.15, -0.1) is 0 Å². The summed E-state index contributed by atoms with van der Waals surface area (Å²) in [5.74, 6) is -0.0213. The molecule has 2 atom stereocenters. The van der Waals surface area contributed by atoms with Gasteiger partial charge in [-0.1, -0.05) is 302 Å². The Kier molecular flexibility index (Phi) is 58.0. The number of hydrogen-bond acceptors (Lipinski definition) is 5. The van der Waals surface area contributed by atoms with Crippen molar-refractivity contribution >= 4 is 11.9 Å². The number of esters is 1. The molecule has 0 aromatic carbocycles. The number of ether oxygens (including phenoxy) is 1. The molecule has 69 heavy (non-hydrogen) atoms. The fourth-order valence-corrected chi connectivity index (χ4v) is 9.99. The molecular weight excluding hydrogens is 851 g/mol. The zero-order valence-electron chi connectivity index (χ0n) is 46.8. The minimum Gasteiger partial charge on any atom is -0.466 e. The molecule has 0 saturated heterocycles. The maximum atomic E-state index is 12.4. The number of carbonyl (C=O) groups is 2. The van der Waals surface area contributed by atoms with E-state index in [1.54, 1.807) is 0 Å². The normalized spacial score (nSPS) is 12.6. The van der Waals surface area contributed by atoms with Gasteiger partial charge >= 0.3 is 5.97 Å². The number of aliphatic hydroxyl groups excluding tert-OH is 2. The highest BCUT2D eigenvalue weighted by molar-refractivity contribution is 5.76. The molecule has 6 heteroatoms. The van der Waals surface area contributed by atoms with Crippen LogP contribution in [-0.2, 0) is 14.3 Å². The Morgan fingerprint density at radius 2 is 0.681 bits per heavy atom. The van der Waals surface area contributed by atoms with Gasteiger partial charge < -0.3 is 20.3 Å². The minimum absolute atomic E-state index is 0.00994. The Labute approximate surface area is 431 Å². The third-order valence-electron chi connectivity index (χ3n) is 14.8. The van der Waals surface area contributed by atoms with Crippen molar-refractivity contribution in [2.24, 2.45) is 0 Å². The Morgan fingerprint density at radius 3 is 1.04 bits per heavy atom. The average molecular weight is 975 g/mol. The molecule has 0 aliphatic heterocycles. The van der Waals surface area contributed by atoms with Gasteiger partial charge in [-0.2, -0.15) is 0 Å². The number of aliphatic hydroxyl groups is 2. The highest BCUT2D eigenvalue weighted by atomic mass is 16.5. The minimum atomic E-state index is -0.659. The van der Waals surface area contributed by atoms with E-state index in [0.717, 1.165) is 44.9 Å². The maximum absolute atomic E-state index is 12.4. The SMILES string of the molecule is CCCCCC/C=C\CCCCCCCC(=O)OCCCCCCCCCCCCCCCCCCCCCCCCCCCCCCC(=O)NC(CO)C(O)CCCCCCCCCCCCC. The van der Waals surface area contributed by atoms with Crippen LogP contribution in [0.5, 0.6) is 0 Å². The summed E-state index contributed by atoms with van der Waals surface area (Å²) < 4.78 is 5.48. The Hall–Kier alpha value is -1.40. The zero-order chi connectivity index (χ0) is 50.0. The van der Waals surface area contributed by atoms with Gasteiger partial charge in [-0.3, -0.25) is 9.59 Å². The summed E-state index contributed by atoms with van der Waals surface area (Å²) >= 11 is 0. The second-order valence-electron chi connectivity index (χ2n) is 21.7. The second-order valence-corrected chi connectivity index (χ2v) is 21.7. The third-order valence-corrected chi connectivity index (χ3v) is 14.8. The molecule has 1 amide bonds. The molecule has 0 radical (unpaired) electrons. The van der Waals surface area contributed by atoms with Gasteiger partial charge in [0.1, 0.15) is 0 Å². The molecule has 0 fully saturated rings. The molecule has 0 aromatic heterocycles. The van der Waals surface area contributed by atoms with Crippen molar-refractivity contribution < 1.29 is 24.5 Å². The van der Waals surface area contributed by atoms with Gasteiger partial charge in [0.25, 0.3) is 0 Å². The fourth-order valence-electron chi connectivity index (χ4n) is 9.99. The second kappa shape index (κ2) is 59.2. The molecule has 0 heterocycles. The maximum Gasteiger partial charge on any atom is 0.305 e. The average Bonchev–Trinajstić information content (AvgIpc) is 3.35. The molecule has 0 spiro atoms. The first-order chi connectivity index (χ1) is 34.0. The number of nitrogens with one attached hydrogen (secondary N) is 1. The van der Waals surface area contributed by atoms with E-state index in [-0.39, 0.29) is 18.5 Å². The zero-order valence-corrected chi connectivity index (χ0v) is 46.8. The van der Waals surface area contributed by atoms with Gasteiger partial charge in [0.2, 0.25) is 5.91 Å². The number of amides is 1. The number of hydrogen-bond donors (Lipinski definition) is 3. The van der Waals surface area contributed by atoms with E-state index < -0.39 is 12.1 Å². The Morgan fingerprint density at radius 1 is 0.391 bits per heavy atom. The summed E-state index contributed by atoms with van der Waals surface area (Å²) in [7, 11) is 0. The summed E-state index contributed by atoms with van der Waals surface area (Å²) in [6, 6.07) is -0.537. The van der Waals surface area contributed by atoms with E-state index >= 15 is 0 Å². The van der Waals surface area contributed by atoms with Crippen molar-refractivity contribution in [3.63, 3.8) is 0 Å². The van der Waals surface area contributed by atoms with Crippen LogP contribution in [0.3, 0.4) is 0 Å². The van der Waals surface area contributed by atoms with Crippen LogP contribution in [0.2, 0.25) is 0 Å². The van der Waals surface area contributed by atoms with Gasteiger partial charge in [-0.25, -0.2) is 0 Å². The molecule has 6 nitrogen and oxygen atoms in total. The molecule has 2 unspecified atom stereocenters. The highest BCUT2D eigenvalue weighted by Crippen LogP contribution is 2.18. The van der Waals surface area contributed by atoms with Gasteiger partial charge in [0, 0.05) is 12.8 Å². The smallest absolute Gasteiger partial charge is 0.305 e. The summed E-state index contributed by atoms with van der Waals surface area (Å²) in [4.78, 5) is 24.5. The number of carbonyl (C=O) groups excluding carboxylic acids is 2. The van der Waals surface area contributed by atoms with Crippen molar-refractivity contribution in [3.05, 3.63) is 12.2 Å². The quantitative estimate of drug-likeness (QED) is 0.0321. The van der Waals surface area contributed by atoms with Crippen LogP contribution in [0, 0.1) is 0 Å². The molecule has 0 rings (SSSR count). The predicted octanol–water partition coefficient (Wildman–Crippen LogP) is 19.6. The van der Waals surface area contributed by atoms with E-state index in [2.05, 4.69) is 31.3 Å². The van der Waals surface area contributed by atoms with Crippen molar-refractivity contribution in [1.82, 2.24) is 5.32 Å². The molecule has 0 saturated carbocycles. The van der Waals surface area contributed by atoms with Crippen LogP contribution in [-0.4, -0.2) is 47.4 Å². The van der Waals surface area contributed by atoms with E-state index in [9.17, 15) is 19.8 Å². The van der Waals surface area contributed by atoms with Crippen LogP contribution in [0.1, 0.15) is 354 Å². The van der Waals surface area contributed by atoms with Crippen LogP contribution >= 0.6 is 0 Å². The van der Waals surface area contributed by atoms with E-state index in [1.165, 1.54) is 276 Å². The van der Waals surface area contributed by atoms with E-state index in [4.69, 9.17) is 4.74 Å². The number of rotatable bonds is 59. The van der Waals surface area contributed by atoms with Crippen LogP contribution in [0.4, 0.5) is 0 Å². The summed E-state index contributed by atoms with van der Waals surface area (Å²) in [6.07, 6.45) is 71.0. The van der Waals surface area contributed by atoms with Crippen LogP contribution < -0.4 is 5.32 Å². The molecule has 410 valence electrons.